The third kappa shape index (κ3) is 2.38. The maximum absolute atomic E-state index is 3.70. The number of benzene rings is 1. The van der Waals surface area contributed by atoms with Crippen LogP contribution in [0.3, 0.4) is 0 Å². The number of thiophene rings is 1. The van der Waals surface area contributed by atoms with E-state index in [1.165, 1.54) is 46.9 Å². The average molecular weight is 245 g/mol. The van der Waals surface area contributed by atoms with E-state index in [0.717, 1.165) is 12.6 Å². The van der Waals surface area contributed by atoms with Crippen LogP contribution >= 0.6 is 11.3 Å². The molecule has 0 saturated heterocycles. The molecule has 1 N–H and O–H groups in total. The number of rotatable bonds is 3. The Morgan fingerprint density at radius 1 is 1.29 bits per heavy atom. The summed E-state index contributed by atoms with van der Waals surface area (Å²) >= 11 is 1.87. The third-order valence-corrected chi connectivity index (χ3v) is 4.76. The van der Waals surface area contributed by atoms with Crippen LogP contribution in [0.25, 0.3) is 10.1 Å². The molecule has 1 saturated carbocycles. The van der Waals surface area contributed by atoms with E-state index in [-0.39, 0.29) is 0 Å². The summed E-state index contributed by atoms with van der Waals surface area (Å²) in [4.78, 5) is 0. The molecule has 1 aliphatic rings. The van der Waals surface area contributed by atoms with E-state index in [0.29, 0.717) is 0 Å². The lowest BCUT2D eigenvalue weighted by molar-refractivity contribution is 0.526. The Hall–Kier alpha value is -0.860. The normalized spacial score (nSPS) is 17.0. The van der Waals surface area contributed by atoms with Gasteiger partial charge in [0.25, 0.3) is 0 Å². The molecule has 1 aromatic heterocycles. The molecule has 0 amide bonds. The topological polar surface area (TPSA) is 12.0 Å². The molecular formula is C15H19NS. The quantitative estimate of drug-likeness (QED) is 0.852. The van der Waals surface area contributed by atoms with Gasteiger partial charge in [0.15, 0.2) is 0 Å². The maximum Gasteiger partial charge on any atom is 0.0346 e. The number of aryl methyl sites for hydroxylation is 1. The standard InChI is InChI=1S/C15H19NS/c1-11-6-7-15-14(8-11)12(10-17-15)9-16-13-4-2-3-5-13/h6-8,10,13,16H,2-5,9H2,1H3. The number of hydrogen-bond acceptors (Lipinski definition) is 2. The van der Waals surface area contributed by atoms with Gasteiger partial charge in [-0.1, -0.05) is 30.5 Å². The van der Waals surface area contributed by atoms with E-state index >= 15 is 0 Å². The van der Waals surface area contributed by atoms with Crippen LogP contribution in [-0.4, -0.2) is 6.04 Å². The summed E-state index contributed by atoms with van der Waals surface area (Å²) in [6.07, 6.45) is 5.53. The van der Waals surface area contributed by atoms with E-state index in [1.807, 2.05) is 11.3 Å². The van der Waals surface area contributed by atoms with Crippen molar-refractivity contribution in [1.29, 1.82) is 0 Å². The molecule has 0 bridgehead atoms. The first-order valence-electron chi connectivity index (χ1n) is 6.53. The summed E-state index contributed by atoms with van der Waals surface area (Å²) < 4.78 is 1.42. The highest BCUT2D eigenvalue weighted by atomic mass is 32.1. The van der Waals surface area contributed by atoms with Gasteiger partial charge >= 0.3 is 0 Å². The first-order chi connectivity index (χ1) is 8.33. The van der Waals surface area contributed by atoms with Crippen LogP contribution in [0.2, 0.25) is 0 Å². The number of fused-ring (bicyclic) bond motifs is 1. The zero-order valence-electron chi connectivity index (χ0n) is 10.3. The molecule has 1 aliphatic carbocycles. The van der Waals surface area contributed by atoms with E-state index in [9.17, 15) is 0 Å². The fourth-order valence-electron chi connectivity index (χ4n) is 2.72. The molecule has 0 atom stereocenters. The Labute approximate surface area is 107 Å². The highest BCUT2D eigenvalue weighted by molar-refractivity contribution is 7.17. The maximum atomic E-state index is 3.70. The van der Waals surface area contributed by atoms with Gasteiger partial charge in [-0.05, 0) is 42.2 Å². The average Bonchev–Trinajstić information content (AvgIpc) is 2.94. The van der Waals surface area contributed by atoms with Gasteiger partial charge in [0.2, 0.25) is 0 Å². The second kappa shape index (κ2) is 4.79. The zero-order valence-corrected chi connectivity index (χ0v) is 11.1. The third-order valence-electron chi connectivity index (χ3n) is 3.75. The van der Waals surface area contributed by atoms with Crippen molar-refractivity contribution in [3.05, 3.63) is 34.7 Å². The molecule has 1 fully saturated rings. The summed E-state index contributed by atoms with van der Waals surface area (Å²) in [5, 5.41) is 7.46. The van der Waals surface area contributed by atoms with Gasteiger partial charge < -0.3 is 5.32 Å². The summed E-state index contributed by atoms with van der Waals surface area (Å²) in [6, 6.07) is 7.52. The largest absolute Gasteiger partial charge is 0.310 e. The van der Waals surface area contributed by atoms with Gasteiger partial charge in [0.1, 0.15) is 0 Å². The summed E-state index contributed by atoms with van der Waals surface area (Å²) in [5.41, 5.74) is 2.83. The van der Waals surface area contributed by atoms with Crippen molar-refractivity contribution < 1.29 is 0 Å². The molecule has 3 rings (SSSR count). The van der Waals surface area contributed by atoms with Crippen LogP contribution in [0.5, 0.6) is 0 Å². The van der Waals surface area contributed by atoms with Gasteiger partial charge in [-0.2, -0.15) is 0 Å². The molecule has 1 aromatic carbocycles. The van der Waals surface area contributed by atoms with Crippen LogP contribution in [0, 0.1) is 6.92 Å². The highest BCUT2D eigenvalue weighted by Gasteiger charge is 2.14. The SMILES string of the molecule is Cc1ccc2scc(CNC3CCCC3)c2c1. The molecule has 1 heterocycles. The lowest BCUT2D eigenvalue weighted by atomic mass is 10.1. The Morgan fingerprint density at radius 2 is 2.12 bits per heavy atom. The minimum absolute atomic E-state index is 0.759. The molecule has 0 spiro atoms. The van der Waals surface area contributed by atoms with Gasteiger partial charge in [-0.3, -0.25) is 0 Å². The fraction of sp³-hybridized carbons (Fsp3) is 0.467. The molecule has 2 aromatic rings. The molecule has 0 radical (unpaired) electrons. The predicted molar refractivity (Wildman–Crippen MR) is 75.7 cm³/mol. The molecule has 17 heavy (non-hydrogen) atoms. The van der Waals surface area contributed by atoms with Crippen LogP contribution in [-0.2, 0) is 6.54 Å². The van der Waals surface area contributed by atoms with Crippen LogP contribution < -0.4 is 5.32 Å². The monoisotopic (exact) mass is 245 g/mol. The lowest BCUT2D eigenvalue weighted by Gasteiger charge is -2.11. The molecule has 1 nitrogen and oxygen atoms in total. The minimum Gasteiger partial charge on any atom is -0.310 e. The number of hydrogen-bond donors (Lipinski definition) is 1. The van der Waals surface area contributed by atoms with Crippen molar-refractivity contribution in [2.45, 2.75) is 45.2 Å². The van der Waals surface area contributed by atoms with Crippen molar-refractivity contribution in [1.82, 2.24) is 5.32 Å². The van der Waals surface area contributed by atoms with E-state index in [1.54, 1.807) is 0 Å². The van der Waals surface area contributed by atoms with Crippen molar-refractivity contribution >= 4 is 21.4 Å². The Kier molecular flexibility index (Phi) is 3.17. The van der Waals surface area contributed by atoms with E-state index in [2.05, 4.69) is 35.8 Å². The van der Waals surface area contributed by atoms with Gasteiger partial charge in [0.05, 0.1) is 0 Å². The zero-order chi connectivity index (χ0) is 11.7. The first kappa shape index (κ1) is 11.2. The van der Waals surface area contributed by atoms with Crippen molar-refractivity contribution in [3.8, 4) is 0 Å². The molecule has 0 unspecified atom stereocenters. The second-order valence-electron chi connectivity index (χ2n) is 5.12. The summed E-state index contributed by atoms with van der Waals surface area (Å²) in [6.45, 7) is 3.21. The Bertz CT molecular complexity index is 509. The van der Waals surface area contributed by atoms with Crippen molar-refractivity contribution in [3.63, 3.8) is 0 Å². The van der Waals surface area contributed by atoms with E-state index < -0.39 is 0 Å². The molecule has 2 heteroatoms. The first-order valence-corrected chi connectivity index (χ1v) is 7.41. The molecule has 90 valence electrons. The van der Waals surface area contributed by atoms with E-state index in [4.69, 9.17) is 0 Å². The van der Waals surface area contributed by atoms with Gasteiger partial charge in [0, 0.05) is 17.3 Å². The molecular weight excluding hydrogens is 226 g/mol. The van der Waals surface area contributed by atoms with Crippen molar-refractivity contribution in [2.75, 3.05) is 0 Å². The highest BCUT2D eigenvalue weighted by Crippen LogP contribution is 2.27. The predicted octanol–water partition coefficient (Wildman–Crippen LogP) is 4.24. The van der Waals surface area contributed by atoms with Crippen LogP contribution in [0.15, 0.2) is 23.6 Å². The van der Waals surface area contributed by atoms with Gasteiger partial charge in [-0.25, -0.2) is 0 Å². The van der Waals surface area contributed by atoms with Crippen molar-refractivity contribution in [2.24, 2.45) is 0 Å². The molecule has 0 aliphatic heterocycles. The lowest BCUT2D eigenvalue weighted by Crippen LogP contribution is -2.25. The summed E-state index contributed by atoms with van der Waals surface area (Å²) in [5.74, 6) is 0. The number of nitrogens with one attached hydrogen (secondary N) is 1. The minimum atomic E-state index is 0.759. The van der Waals surface area contributed by atoms with Crippen LogP contribution in [0.1, 0.15) is 36.8 Å². The fourth-order valence-corrected chi connectivity index (χ4v) is 3.66. The Balaban J connectivity index is 1.77. The van der Waals surface area contributed by atoms with Gasteiger partial charge in [-0.15, -0.1) is 11.3 Å². The Morgan fingerprint density at radius 3 is 2.94 bits per heavy atom. The van der Waals surface area contributed by atoms with Crippen LogP contribution in [0.4, 0.5) is 0 Å². The summed E-state index contributed by atoms with van der Waals surface area (Å²) in [7, 11) is 0. The smallest absolute Gasteiger partial charge is 0.0346 e. The second-order valence-corrected chi connectivity index (χ2v) is 6.03.